The van der Waals surface area contributed by atoms with E-state index in [0.717, 1.165) is 54.8 Å². The third kappa shape index (κ3) is 7.75. The molecule has 6 heterocycles. The Morgan fingerprint density at radius 2 is 2.00 bits per heavy atom. The number of hydrogen-bond acceptors (Lipinski definition) is 11. The Morgan fingerprint density at radius 3 is 2.69 bits per heavy atom. The summed E-state index contributed by atoms with van der Waals surface area (Å²) in [6, 6.07) is 4.31. The van der Waals surface area contributed by atoms with Crippen molar-refractivity contribution in [1.82, 2.24) is 29.7 Å². The molecule has 3 aliphatic heterocycles. The van der Waals surface area contributed by atoms with Gasteiger partial charge in [0.2, 0.25) is 0 Å². The third-order valence-corrected chi connectivity index (χ3v) is 9.89. The van der Waals surface area contributed by atoms with Crippen molar-refractivity contribution in [3.8, 4) is 23.3 Å². The number of nitrogens with zero attached hydrogens (tertiary/aromatic N) is 8. The third-order valence-electron chi connectivity index (χ3n) is 9.17. The number of hydrogen-bond donors (Lipinski definition) is 1. The predicted molar refractivity (Wildman–Crippen MR) is 182 cm³/mol. The summed E-state index contributed by atoms with van der Waals surface area (Å²) < 4.78 is 89.7. The summed E-state index contributed by atoms with van der Waals surface area (Å²) in [6.07, 6.45) is 1.47. The molecule has 18 heteroatoms. The maximum Gasteiger partial charge on any atom is 0.417 e. The van der Waals surface area contributed by atoms with Gasteiger partial charge < -0.3 is 20.3 Å². The molecule has 3 aliphatic rings. The number of aromatic nitrogens is 4. The van der Waals surface area contributed by atoms with Crippen LogP contribution in [-0.2, 0) is 11.0 Å². The minimum Gasteiger partial charge on any atom is -0.467 e. The molecule has 7 rings (SSSR count). The Kier molecular flexibility index (Phi) is 10.8. The zero-order valence-electron chi connectivity index (χ0n) is 27.8. The molecule has 0 spiro atoms. The summed E-state index contributed by atoms with van der Waals surface area (Å²) in [4.78, 5) is 34.4. The summed E-state index contributed by atoms with van der Waals surface area (Å²) in [6.45, 7) is 1.92. The monoisotopic (exact) mass is 745 g/mol. The van der Waals surface area contributed by atoms with Gasteiger partial charge in [-0.15, -0.1) is 11.3 Å². The van der Waals surface area contributed by atoms with Crippen LogP contribution in [0.2, 0.25) is 0 Å². The lowest BCUT2D eigenvalue weighted by molar-refractivity contribution is -0.137. The molecule has 1 aromatic carbocycles. The summed E-state index contributed by atoms with van der Waals surface area (Å²) in [5.41, 5.74) is 2.99. The number of piperazine rings is 1. The predicted octanol–water partition coefficient (Wildman–Crippen LogP) is 6.03. The lowest BCUT2D eigenvalue weighted by Crippen LogP contribution is -2.55. The van der Waals surface area contributed by atoms with Crippen LogP contribution in [0.15, 0.2) is 41.8 Å². The standard InChI is InChI=1S/C27H21F5N8O2S.C7H12FN/c1-42-26-37-23-17(12-36-22(21(23)29)16-10-14(34)2-3-18(16)27(30,31)32)24(38-26)39-7-8-40(15(13-39)4-5-33)25(41)19(28)11-20-35-6-9-43-20;8-6-4-7-2-1-3-9(7)5-6/h2-3,6,9-12,15H,4,7-8,13,34H2,1H3;6-7H,1-5H2/b19-11-;. The van der Waals surface area contributed by atoms with Crippen LogP contribution in [-0.4, -0.2) is 93.7 Å². The van der Waals surface area contributed by atoms with Crippen LogP contribution in [0, 0.1) is 17.1 Å². The number of nitrogen functional groups attached to an aromatic ring is 1. The summed E-state index contributed by atoms with van der Waals surface area (Å²) >= 11 is 1.15. The summed E-state index contributed by atoms with van der Waals surface area (Å²) in [7, 11) is 1.23. The first kappa shape index (κ1) is 36.8. The van der Waals surface area contributed by atoms with Gasteiger partial charge in [0.1, 0.15) is 28.2 Å². The van der Waals surface area contributed by atoms with E-state index < -0.39 is 52.8 Å². The second-order valence-electron chi connectivity index (χ2n) is 12.5. The number of alkyl halides is 4. The molecule has 0 bridgehead atoms. The van der Waals surface area contributed by atoms with Crippen molar-refractivity contribution in [2.24, 2.45) is 0 Å². The van der Waals surface area contributed by atoms with E-state index in [1.807, 2.05) is 6.07 Å². The first-order chi connectivity index (χ1) is 24.9. The number of carbonyl (C=O) groups excluding carboxylic acids is 1. The Morgan fingerprint density at radius 1 is 1.19 bits per heavy atom. The molecule has 3 aromatic heterocycles. The number of fused-ring (bicyclic) bond motifs is 2. The van der Waals surface area contributed by atoms with Gasteiger partial charge in [-0.2, -0.15) is 28.4 Å². The number of thiazole rings is 1. The largest absolute Gasteiger partial charge is 0.467 e. The lowest BCUT2D eigenvalue weighted by atomic mass is 10.0. The summed E-state index contributed by atoms with van der Waals surface area (Å²) in [5.74, 6) is -3.01. The molecule has 4 aromatic rings. The van der Waals surface area contributed by atoms with Crippen molar-refractivity contribution in [2.75, 3.05) is 50.5 Å². The number of nitrogens with two attached hydrogens (primary N) is 1. The molecule has 2 N–H and O–H groups in total. The zero-order chi connectivity index (χ0) is 37.2. The van der Waals surface area contributed by atoms with Gasteiger partial charge in [-0.1, -0.05) is 0 Å². The second-order valence-corrected chi connectivity index (χ2v) is 13.4. The number of ether oxygens (including phenoxy) is 1. The van der Waals surface area contributed by atoms with Gasteiger partial charge in [-0.05, 0) is 44.0 Å². The number of amides is 1. The smallest absolute Gasteiger partial charge is 0.417 e. The van der Waals surface area contributed by atoms with E-state index in [4.69, 9.17) is 10.5 Å². The first-order valence-electron chi connectivity index (χ1n) is 16.3. The van der Waals surface area contributed by atoms with Crippen molar-refractivity contribution < 1.29 is 35.9 Å². The highest BCUT2D eigenvalue weighted by molar-refractivity contribution is 7.10. The molecule has 0 saturated carbocycles. The summed E-state index contributed by atoms with van der Waals surface area (Å²) in [5, 5.41) is 11.4. The topological polar surface area (TPSA) is 137 Å². The van der Waals surface area contributed by atoms with Crippen molar-refractivity contribution >= 4 is 45.7 Å². The maximum atomic E-state index is 15.9. The van der Waals surface area contributed by atoms with Gasteiger partial charge in [0.15, 0.2) is 11.6 Å². The van der Waals surface area contributed by atoms with Crippen molar-refractivity contribution in [3.63, 3.8) is 0 Å². The highest BCUT2D eigenvalue weighted by atomic mass is 32.1. The molecule has 1 amide bonds. The number of methoxy groups -OCH3 is 1. The molecule has 3 atom stereocenters. The van der Waals surface area contributed by atoms with Crippen LogP contribution >= 0.6 is 11.3 Å². The van der Waals surface area contributed by atoms with E-state index >= 15 is 4.39 Å². The second kappa shape index (κ2) is 15.3. The molecule has 11 nitrogen and oxygen atoms in total. The lowest BCUT2D eigenvalue weighted by Gasteiger charge is -2.41. The number of rotatable bonds is 6. The molecular formula is C34H33F6N9O2S. The van der Waals surface area contributed by atoms with E-state index in [0.29, 0.717) is 17.6 Å². The van der Waals surface area contributed by atoms with Gasteiger partial charge in [0.25, 0.3) is 5.91 Å². The fourth-order valence-electron chi connectivity index (χ4n) is 6.78. The number of benzene rings is 1. The average Bonchev–Trinajstić information content (AvgIpc) is 3.87. The SMILES string of the molecule is COc1nc(N2CCN(C(=O)/C(F)=C/c3nccs3)C(CC#N)C2)c2cnc(-c3cc(N)ccc3C(F)(F)F)c(F)c2n1.FC1CC2CCCN2C1. The van der Waals surface area contributed by atoms with Crippen LogP contribution in [0.3, 0.4) is 0 Å². The molecular weight excluding hydrogens is 712 g/mol. The Hall–Kier alpha value is -5.02. The molecule has 3 saturated heterocycles. The molecule has 52 heavy (non-hydrogen) atoms. The van der Waals surface area contributed by atoms with Gasteiger partial charge in [0, 0.05) is 67.3 Å². The van der Waals surface area contributed by atoms with Crippen molar-refractivity contribution in [1.29, 1.82) is 5.26 Å². The van der Waals surface area contributed by atoms with Crippen molar-refractivity contribution in [3.05, 3.63) is 58.2 Å². The van der Waals surface area contributed by atoms with Gasteiger partial charge in [-0.3, -0.25) is 14.7 Å². The maximum absolute atomic E-state index is 15.9. The van der Waals surface area contributed by atoms with Crippen LogP contribution < -0.4 is 15.4 Å². The van der Waals surface area contributed by atoms with Gasteiger partial charge in [0.05, 0.1) is 36.6 Å². The number of carbonyl (C=O) groups is 1. The Balaban J connectivity index is 0.000000444. The number of anilines is 2. The quantitative estimate of drug-likeness (QED) is 0.142. The minimum absolute atomic E-state index is 0.00406. The first-order valence-corrected chi connectivity index (χ1v) is 17.2. The minimum atomic E-state index is -4.82. The van der Waals surface area contributed by atoms with E-state index in [9.17, 15) is 32.0 Å². The highest BCUT2D eigenvalue weighted by Gasteiger charge is 2.37. The van der Waals surface area contributed by atoms with Crippen LogP contribution in [0.4, 0.5) is 37.8 Å². The van der Waals surface area contributed by atoms with Gasteiger partial charge >= 0.3 is 12.2 Å². The molecule has 274 valence electrons. The van der Waals surface area contributed by atoms with E-state index in [2.05, 4.69) is 24.8 Å². The Labute approximate surface area is 298 Å². The molecule has 3 unspecified atom stereocenters. The Bertz CT molecular complexity index is 1990. The molecule has 3 fully saturated rings. The fourth-order valence-corrected chi connectivity index (χ4v) is 7.34. The molecule has 0 radical (unpaired) electrons. The fraction of sp³-hybridized carbons (Fsp3) is 0.412. The normalized spacial score (nSPS) is 20.7. The zero-order valence-corrected chi connectivity index (χ0v) is 28.6. The van der Waals surface area contributed by atoms with Crippen LogP contribution in [0.1, 0.15) is 36.3 Å². The number of nitriles is 1. The van der Waals surface area contributed by atoms with Gasteiger partial charge in [-0.25, -0.2) is 18.2 Å². The number of halogens is 6. The van der Waals surface area contributed by atoms with E-state index in [-0.39, 0.29) is 54.5 Å². The van der Waals surface area contributed by atoms with Crippen molar-refractivity contribution in [2.45, 2.75) is 50.1 Å². The van der Waals surface area contributed by atoms with Crippen LogP contribution in [0.25, 0.3) is 28.2 Å². The van der Waals surface area contributed by atoms with Crippen LogP contribution in [0.5, 0.6) is 6.01 Å². The average molecular weight is 746 g/mol. The number of pyridine rings is 1. The van der Waals surface area contributed by atoms with E-state index in [1.54, 1.807) is 10.3 Å². The van der Waals surface area contributed by atoms with E-state index in [1.165, 1.54) is 31.0 Å². The molecule has 0 aliphatic carbocycles. The highest BCUT2D eigenvalue weighted by Crippen LogP contribution is 2.40.